The lowest BCUT2D eigenvalue weighted by Crippen LogP contribution is -2.50. The molecule has 0 unspecified atom stereocenters. The topological polar surface area (TPSA) is 83.8 Å². The highest BCUT2D eigenvalue weighted by Gasteiger charge is 2.26. The molecule has 0 aromatic heterocycles. The molecular weight excluding hydrogens is 274 g/mol. The number of rotatable bonds is 2. The molecule has 1 aromatic rings. The Balaban J connectivity index is 2.17. The average Bonchev–Trinajstić information content (AvgIpc) is 2.46. The molecule has 1 aliphatic rings. The number of amides is 2. The lowest BCUT2D eigenvalue weighted by molar-refractivity contribution is -0.385. The molecule has 112 valence electrons. The van der Waals surface area contributed by atoms with Gasteiger partial charge in [0, 0.05) is 50.3 Å². The highest BCUT2D eigenvalue weighted by Crippen LogP contribution is 2.22. The summed E-state index contributed by atoms with van der Waals surface area (Å²) in [4.78, 5) is 37.5. The van der Waals surface area contributed by atoms with Gasteiger partial charge in [0.15, 0.2) is 0 Å². The Morgan fingerprint density at radius 2 is 1.71 bits per heavy atom. The third-order valence-electron chi connectivity index (χ3n) is 3.74. The summed E-state index contributed by atoms with van der Waals surface area (Å²) in [6, 6.07) is 4.51. The number of nitrogens with zero attached hydrogens (tertiary/aromatic N) is 3. The van der Waals surface area contributed by atoms with Gasteiger partial charge < -0.3 is 9.80 Å². The van der Waals surface area contributed by atoms with Crippen molar-refractivity contribution in [1.82, 2.24) is 9.80 Å². The Morgan fingerprint density at radius 1 is 1.14 bits per heavy atom. The minimum atomic E-state index is -0.486. The van der Waals surface area contributed by atoms with Crippen LogP contribution in [0.25, 0.3) is 0 Å². The van der Waals surface area contributed by atoms with E-state index in [1.165, 1.54) is 19.1 Å². The van der Waals surface area contributed by atoms with Gasteiger partial charge in [-0.2, -0.15) is 0 Å². The second-order valence-corrected chi connectivity index (χ2v) is 5.01. The first kappa shape index (κ1) is 15.0. The van der Waals surface area contributed by atoms with Crippen molar-refractivity contribution in [2.75, 3.05) is 26.2 Å². The molecule has 7 nitrogen and oxygen atoms in total. The van der Waals surface area contributed by atoms with Crippen molar-refractivity contribution in [2.45, 2.75) is 13.8 Å². The number of carbonyl (C=O) groups is 2. The maximum absolute atomic E-state index is 12.5. The predicted molar refractivity (Wildman–Crippen MR) is 76.0 cm³/mol. The number of nitro benzene ring substituents is 1. The SMILES string of the molecule is CC(=O)N1CCN(C(=O)c2cccc([N+](=O)[O-])c2C)CC1. The monoisotopic (exact) mass is 291 g/mol. The first-order valence-corrected chi connectivity index (χ1v) is 6.70. The van der Waals surface area contributed by atoms with Gasteiger partial charge in [-0.3, -0.25) is 19.7 Å². The van der Waals surface area contributed by atoms with Crippen LogP contribution in [0.1, 0.15) is 22.8 Å². The normalized spacial score (nSPS) is 15.0. The summed E-state index contributed by atoms with van der Waals surface area (Å²) < 4.78 is 0. The van der Waals surface area contributed by atoms with Gasteiger partial charge in [0.25, 0.3) is 11.6 Å². The lowest BCUT2D eigenvalue weighted by Gasteiger charge is -2.34. The largest absolute Gasteiger partial charge is 0.339 e. The van der Waals surface area contributed by atoms with Crippen LogP contribution in [0.3, 0.4) is 0 Å². The third-order valence-corrected chi connectivity index (χ3v) is 3.74. The molecule has 0 spiro atoms. The Labute approximate surface area is 122 Å². The summed E-state index contributed by atoms with van der Waals surface area (Å²) in [5, 5.41) is 10.9. The van der Waals surface area contributed by atoms with Crippen molar-refractivity contribution in [3.8, 4) is 0 Å². The van der Waals surface area contributed by atoms with Crippen LogP contribution in [0.5, 0.6) is 0 Å². The van der Waals surface area contributed by atoms with Crippen LogP contribution in [-0.2, 0) is 4.79 Å². The van der Waals surface area contributed by atoms with Gasteiger partial charge in [-0.1, -0.05) is 6.07 Å². The van der Waals surface area contributed by atoms with Gasteiger partial charge in [-0.05, 0) is 13.0 Å². The minimum absolute atomic E-state index is 0.00590. The summed E-state index contributed by atoms with van der Waals surface area (Å²) in [7, 11) is 0. The van der Waals surface area contributed by atoms with Crippen LogP contribution in [0, 0.1) is 17.0 Å². The van der Waals surface area contributed by atoms with Gasteiger partial charge >= 0.3 is 0 Å². The smallest absolute Gasteiger partial charge is 0.273 e. The molecule has 2 amide bonds. The first-order valence-electron chi connectivity index (χ1n) is 6.70. The number of hydrogen-bond acceptors (Lipinski definition) is 4. The van der Waals surface area contributed by atoms with E-state index in [2.05, 4.69) is 0 Å². The van der Waals surface area contributed by atoms with E-state index in [0.29, 0.717) is 37.3 Å². The molecule has 0 aliphatic carbocycles. The summed E-state index contributed by atoms with van der Waals surface area (Å²) in [6.07, 6.45) is 0. The van der Waals surface area contributed by atoms with Crippen LogP contribution in [0.2, 0.25) is 0 Å². The van der Waals surface area contributed by atoms with Crippen molar-refractivity contribution < 1.29 is 14.5 Å². The second-order valence-electron chi connectivity index (χ2n) is 5.01. The predicted octanol–water partition coefficient (Wildman–Crippen LogP) is 1.21. The number of nitro groups is 1. The summed E-state index contributed by atoms with van der Waals surface area (Å²) in [6.45, 7) is 4.96. The molecule has 0 radical (unpaired) electrons. The first-order chi connectivity index (χ1) is 9.91. The quantitative estimate of drug-likeness (QED) is 0.605. The maximum atomic E-state index is 12.5. The minimum Gasteiger partial charge on any atom is -0.339 e. The number of hydrogen-bond donors (Lipinski definition) is 0. The molecule has 0 bridgehead atoms. The van der Waals surface area contributed by atoms with Gasteiger partial charge in [0.1, 0.15) is 0 Å². The van der Waals surface area contributed by atoms with Gasteiger partial charge in [-0.15, -0.1) is 0 Å². The van der Waals surface area contributed by atoms with Crippen molar-refractivity contribution in [2.24, 2.45) is 0 Å². The van der Waals surface area contributed by atoms with Crippen LogP contribution in [0.4, 0.5) is 5.69 Å². The Morgan fingerprint density at radius 3 is 2.24 bits per heavy atom. The highest BCUT2D eigenvalue weighted by atomic mass is 16.6. The van der Waals surface area contributed by atoms with Crippen molar-refractivity contribution in [1.29, 1.82) is 0 Å². The van der Waals surface area contributed by atoms with Crippen LogP contribution in [-0.4, -0.2) is 52.7 Å². The van der Waals surface area contributed by atoms with E-state index < -0.39 is 4.92 Å². The molecular formula is C14H17N3O4. The van der Waals surface area contributed by atoms with E-state index in [0.717, 1.165) is 0 Å². The van der Waals surface area contributed by atoms with Crippen LogP contribution in [0.15, 0.2) is 18.2 Å². The molecule has 7 heteroatoms. The molecule has 1 aliphatic heterocycles. The Hall–Kier alpha value is -2.44. The van der Waals surface area contributed by atoms with Crippen molar-refractivity contribution in [3.63, 3.8) is 0 Å². The van der Waals surface area contributed by atoms with Gasteiger partial charge in [0.2, 0.25) is 5.91 Å². The van der Waals surface area contributed by atoms with Crippen molar-refractivity contribution >= 4 is 17.5 Å². The van der Waals surface area contributed by atoms with E-state index in [1.54, 1.807) is 22.8 Å². The van der Waals surface area contributed by atoms with Gasteiger partial charge in [0.05, 0.1) is 4.92 Å². The van der Waals surface area contributed by atoms with E-state index >= 15 is 0 Å². The summed E-state index contributed by atoms with van der Waals surface area (Å²) in [5.74, 6) is -0.229. The summed E-state index contributed by atoms with van der Waals surface area (Å²) >= 11 is 0. The Bertz CT molecular complexity index is 592. The lowest BCUT2D eigenvalue weighted by atomic mass is 10.1. The molecule has 1 aromatic carbocycles. The number of piperazine rings is 1. The summed E-state index contributed by atoms with van der Waals surface area (Å²) in [5.41, 5.74) is 0.671. The Kier molecular flexibility index (Phi) is 4.21. The zero-order valence-electron chi connectivity index (χ0n) is 12.0. The molecule has 1 heterocycles. The third kappa shape index (κ3) is 3.01. The second kappa shape index (κ2) is 5.90. The molecule has 0 atom stereocenters. The van der Waals surface area contributed by atoms with E-state index in [4.69, 9.17) is 0 Å². The fraction of sp³-hybridized carbons (Fsp3) is 0.429. The van der Waals surface area contributed by atoms with Crippen molar-refractivity contribution in [3.05, 3.63) is 39.4 Å². The maximum Gasteiger partial charge on any atom is 0.273 e. The van der Waals surface area contributed by atoms with Crippen LogP contribution >= 0.6 is 0 Å². The molecule has 1 fully saturated rings. The number of carbonyl (C=O) groups excluding carboxylic acids is 2. The standard InChI is InChI=1S/C14H17N3O4/c1-10-12(4-3-5-13(10)17(20)21)14(19)16-8-6-15(7-9-16)11(2)18/h3-5H,6-9H2,1-2H3. The highest BCUT2D eigenvalue weighted by molar-refractivity contribution is 5.96. The molecule has 1 saturated heterocycles. The van der Waals surface area contributed by atoms with Crippen LogP contribution < -0.4 is 0 Å². The van der Waals surface area contributed by atoms with E-state index in [1.807, 2.05) is 0 Å². The zero-order chi connectivity index (χ0) is 15.6. The fourth-order valence-corrected chi connectivity index (χ4v) is 2.45. The zero-order valence-corrected chi connectivity index (χ0v) is 12.0. The number of benzene rings is 1. The van der Waals surface area contributed by atoms with E-state index in [9.17, 15) is 19.7 Å². The molecule has 0 N–H and O–H groups in total. The molecule has 0 saturated carbocycles. The van der Waals surface area contributed by atoms with E-state index in [-0.39, 0.29) is 17.5 Å². The fourth-order valence-electron chi connectivity index (χ4n) is 2.45. The molecule has 2 rings (SSSR count). The molecule has 21 heavy (non-hydrogen) atoms. The van der Waals surface area contributed by atoms with Gasteiger partial charge in [-0.25, -0.2) is 0 Å². The average molecular weight is 291 g/mol.